The summed E-state index contributed by atoms with van der Waals surface area (Å²) in [5.41, 5.74) is 3.48. The predicted molar refractivity (Wildman–Crippen MR) is 122 cm³/mol. The number of halogens is 1. The molecule has 0 aliphatic carbocycles. The number of aryl methyl sites for hydroxylation is 1. The second kappa shape index (κ2) is 8.35. The summed E-state index contributed by atoms with van der Waals surface area (Å²) in [4.78, 5) is 18.3. The van der Waals surface area contributed by atoms with Gasteiger partial charge in [0.05, 0.1) is 17.6 Å². The molecule has 0 radical (unpaired) electrons. The lowest BCUT2D eigenvalue weighted by Gasteiger charge is -2.05. The quantitative estimate of drug-likeness (QED) is 0.417. The van der Waals surface area contributed by atoms with Crippen LogP contribution < -0.4 is 5.32 Å². The van der Waals surface area contributed by atoms with Crippen LogP contribution in [0.4, 0.5) is 10.2 Å². The molecule has 0 unspecified atom stereocenters. The number of hydrogen-bond acceptors (Lipinski definition) is 5. The number of aromatic nitrogens is 5. The number of hydrogen-bond donors (Lipinski definition) is 1. The zero-order valence-corrected chi connectivity index (χ0v) is 18.0. The second-order valence-electron chi connectivity index (χ2n) is 7.35. The minimum Gasteiger partial charge on any atom is -0.308 e. The van der Waals surface area contributed by atoms with Gasteiger partial charge in [0.15, 0.2) is 11.5 Å². The van der Waals surface area contributed by atoms with Gasteiger partial charge < -0.3 is 5.32 Å². The number of amides is 1. The van der Waals surface area contributed by atoms with Crippen molar-refractivity contribution < 1.29 is 9.18 Å². The normalized spacial score (nSPS) is 11.2. The summed E-state index contributed by atoms with van der Waals surface area (Å²) >= 11 is 1.65. The molecule has 5 rings (SSSR count). The van der Waals surface area contributed by atoms with Crippen LogP contribution in [0.3, 0.4) is 0 Å². The van der Waals surface area contributed by atoms with E-state index in [1.807, 2.05) is 24.4 Å². The van der Waals surface area contributed by atoms with Crippen LogP contribution in [-0.2, 0) is 17.9 Å². The zero-order valence-electron chi connectivity index (χ0n) is 17.2. The van der Waals surface area contributed by atoms with E-state index in [1.54, 1.807) is 51.3 Å². The fourth-order valence-electron chi connectivity index (χ4n) is 3.64. The highest BCUT2D eigenvalue weighted by atomic mass is 32.1. The Bertz CT molecular complexity index is 1390. The van der Waals surface area contributed by atoms with Gasteiger partial charge in [-0.1, -0.05) is 18.2 Å². The van der Waals surface area contributed by atoms with Crippen molar-refractivity contribution in [3.8, 4) is 10.4 Å². The molecule has 0 atom stereocenters. The lowest BCUT2D eigenvalue weighted by molar-refractivity contribution is -0.116. The first-order chi connectivity index (χ1) is 15.6. The lowest BCUT2D eigenvalue weighted by Crippen LogP contribution is -2.20. The van der Waals surface area contributed by atoms with Gasteiger partial charge in [-0.2, -0.15) is 10.2 Å². The Labute approximate surface area is 187 Å². The van der Waals surface area contributed by atoms with Gasteiger partial charge in [-0.05, 0) is 42.1 Å². The van der Waals surface area contributed by atoms with Crippen molar-refractivity contribution in [2.45, 2.75) is 20.0 Å². The van der Waals surface area contributed by atoms with E-state index in [0.717, 1.165) is 27.1 Å². The van der Waals surface area contributed by atoms with Crippen molar-refractivity contribution in [1.29, 1.82) is 0 Å². The average Bonchev–Trinajstić information content (AvgIpc) is 3.52. The molecule has 1 amide bonds. The number of thiophene rings is 1. The Kier molecular flexibility index (Phi) is 5.24. The van der Waals surface area contributed by atoms with Crippen LogP contribution in [0.15, 0.2) is 66.3 Å². The first-order valence-electron chi connectivity index (χ1n) is 10.0. The van der Waals surface area contributed by atoms with Gasteiger partial charge in [-0.3, -0.25) is 9.48 Å². The van der Waals surface area contributed by atoms with E-state index in [9.17, 15) is 9.18 Å². The fraction of sp³-hybridized carbons (Fsp3) is 0.130. The topological polar surface area (TPSA) is 77.6 Å². The van der Waals surface area contributed by atoms with E-state index in [1.165, 1.54) is 12.1 Å². The third kappa shape index (κ3) is 4.02. The summed E-state index contributed by atoms with van der Waals surface area (Å²) in [7, 11) is 0. The standard InChI is InChI=1S/C23H19FN6OS/c1-15-22-18(19-3-2-12-32-19)8-10-25-23(22)30(27-15)14-21(31)26-20-9-11-29(28-20)13-16-4-6-17(24)7-5-16/h2-12H,13-14H2,1H3,(H,26,28,31). The molecule has 7 nitrogen and oxygen atoms in total. The van der Waals surface area contributed by atoms with Gasteiger partial charge in [0.2, 0.25) is 5.91 Å². The van der Waals surface area contributed by atoms with Gasteiger partial charge in [0, 0.05) is 28.9 Å². The molecular weight excluding hydrogens is 427 g/mol. The molecular formula is C23H19FN6OS. The summed E-state index contributed by atoms with van der Waals surface area (Å²) in [6, 6.07) is 14.0. The van der Waals surface area contributed by atoms with Crippen LogP contribution in [0.2, 0.25) is 0 Å². The number of fused-ring (bicyclic) bond motifs is 1. The molecule has 4 aromatic heterocycles. The van der Waals surface area contributed by atoms with Crippen LogP contribution in [0.25, 0.3) is 21.5 Å². The number of nitrogens with one attached hydrogen (secondary N) is 1. The Balaban J connectivity index is 1.31. The van der Waals surface area contributed by atoms with Crippen LogP contribution in [0.5, 0.6) is 0 Å². The molecule has 1 N–H and O–H groups in total. The van der Waals surface area contributed by atoms with E-state index in [0.29, 0.717) is 18.0 Å². The maximum Gasteiger partial charge on any atom is 0.247 e. The van der Waals surface area contributed by atoms with Crippen molar-refractivity contribution in [2.75, 3.05) is 5.32 Å². The van der Waals surface area contributed by atoms with E-state index < -0.39 is 0 Å². The number of benzene rings is 1. The van der Waals surface area contributed by atoms with Gasteiger partial charge >= 0.3 is 0 Å². The third-order valence-electron chi connectivity index (χ3n) is 5.05. The van der Waals surface area contributed by atoms with E-state index in [-0.39, 0.29) is 18.3 Å². The Morgan fingerprint density at radius 1 is 1.12 bits per heavy atom. The third-order valence-corrected chi connectivity index (χ3v) is 5.96. The minimum atomic E-state index is -0.277. The van der Waals surface area contributed by atoms with Gasteiger partial charge in [0.1, 0.15) is 12.4 Å². The summed E-state index contributed by atoms with van der Waals surface area (Å²) in [5.74, 6) is -0.0807. The Morgan fingerprint density at radius 3 is 2.75 bits per heavy atom. The average molecular weight is 447 g/mol. The highest BCUT2D eigenvalue weighted by Gasteiger charge is 2.16. The zero-order chi connectivity index (χ0) is 22.1. The highest BCUT2D eigenvalue weighted by molar-refractivity contribution is 7.13. The van der Waals surface area contributed by atoms with Crippen molar-refractivity contribution in [3.05, 3.63) is 83.4 Å². The molecule has 0 bridgehead atoms. The largest absolute Gasteiger partial charge is 0.308 e. The minimum absolute atomic E-state index is 0.0239. The number of carbonyl (C=O) groups excluding carboxylic acids is 1. The van der Waals surface area contributed by atoms with Gasteiger partial charge in [-0.25, -0.2) is 14.1 Å². The number of rotatable bonds is 6. The molecule has 9 heteroatoms. The fourth-order valence-corrected chi connectivity index (χ4v) is 4.40. The first kappa shape index (κ1) is 20.1. The maximum atomic E-state index is 13.1. The van der Waals surface area contributed by atoms with Gasteiger partial charge in [-0.15, -0.1) is 11.3 Å². The molecule has 5 aromatic rings. The van der Waals surface area contributed by atoms with Crippen LogP contribution in [0, 0.1) is 12.7 Å². The summed E-state index contributed by atoms with van der Waals surface area (Å²) < 4.78 is 16.4. The van der Waals surface area contributed by atoms with Crippen LogP contribution in [-0.4, -0.2) is 30.5 Å². The van der Waals surface area contributed by atoms with Crippen molar-refractivity contribution >= 4 is 34.1 Å². The Morgan fingerprint density at radius 2 is 1.97 bits per heavy atom. The molecule has 0 saturated carbocycles. The molecule has 160 valence electrons. The van der Waals surface area contributed by atoms with Crippen molar-refractivity contribution in [1.82, 2.24) is 24.5 Å². The van der Waals surface area contributed by atoms with E-state index in [4.69, 9.17) is 0 Å². The first-order valence-corrected chi connectivity index (χ1v) is 10.9. The van der Waals surface area contributed by atoms with E-state index in [2.05, 4.69) is 26.6 Å². The SMILES string of the molecule is Cc1nn(CC(=O)Nc2ccn(Cc3ccc(F)cc3)n2)c2nccc(-c3cccs3)c12. The predicted octanol–water partition coefficient (Wildman–Crippen LogP) is 4.49. The number of pyridine rings is 1. The second-order valence-corrected chi connectivity index (χ2v) is 8.30. The molecule has 0 spiro atoms. The molecule has 0 saturated heterocycles. The van der Waals surface area contributed by atoms with Crippen LogP contribution >= 0.6 is 11.3 Å². The molecule has 0 aliphatic rings. The number of nitrogens with zero attached hydrogens (tertiary/aromatic N) is 5. The lowest BCUT2D eigenvalue weighted by atomic mass is 10.1. The smallest absolute Gasteiger partial charge is 0.247 e. The van der Waals surface area contributed by atoms with Crippen molar-refractivity contribution in [3.63, 3.8) is 0 Å². The summed E-state index contributed by atoms with van der Waals surface area (Å²) in [6.45, 7) is 2.43. The number of anilines is 1. The molecule has 32 heavy (non-hydrogen) atoms. The molecule has 4 heterocycles. The van der Waals surface area contributed by atoms with E-state index >= 15 is 0 Å². The maximum absolute atomic E-state index is 13.1. The van der Waals surface area contributed by atoms with Gasteiger partial charge in [0.25, 0.3) is 0 Å². The summed E-state index contributed by atoms with van der Waals surface area (Å²) in [6.07, 6.45) is 3.51. The summed E-state index contributed by atoms with van der Waals surface area (Å²) in [5, 5.41) is 14.7. The van der Waals surface area contributed by atoms with Crippen molar-refractivity contribution in [2.24, 2.45) is 0 Å². The number of carbonyl (C=O) groups is 1. The molecule has 1 aromatic carbocycles. The Hall–Kier alpha value is -3.85. The molecule has 0 aliphatic heterocycles. The van der Waals surface area contributed by atoms with Crippen LogP contribution in [0.1, 0.15) is 11.3 Å². The molecule has 0 fully saturated rings. The monoisotopic (exact) mass is 446 g/mol. The highest BCUT2D eigenvalue weighted by Crippen LogP contribution is 2.32.